The Hall–Kier alpha value is -4.26. The summed E-state index contributed by atoms with van der Waals surface area (Å²) in [5.74, 6) is 2.22. The van der Waals surface area contributed by atoms with E-state index in [4.69, 9.17) is 14.5 Å². The van der Waals surface area contributed by atoms with Crippen molar-refractivity contribution < 1.29 is 9.47 Å². The van der Waals surface area contributed by atoms with E-state index in [0.717, 1.165) is 11.3 Å². The van der Waals surface area contributed by atoms with Gasteiger partial charge in [-0.25, -0.2) is 0 Å². The molecule has 0 aliphatic carbocycles. The maximum Gasteiger partial charge on any atom is 0.231 e. The molecule has 4 aromatic rings. The standard InChI is InChI=1S/C24H26N8O2/c1-24(2,3)13-27-22-18-14(11-25)12-26-21(18)30-23(31-22)29-16-6-5-15(17-7-8-28-32(17)4)19-20(16)34-10-9-33-19/h5-8,12H,9-10,13H2,1-4H3,(H3,26,27,29,30,31). The first kappa shape index (κ1) is 21.6. The lowest BCUT2D eigenvalue weighted by Crippen LogP contribution is -2.20. The van der Waals surface area contributed by atoms with Gasteiger partial charge in [-0.1, -0.05) is 20.8 Å². The number of nitrogens with zero attached hydrogens (tertiary/aromatic N) is 5. The van der Waals surface area contributed by atoms with Crippen molar-refractivity contribution in [1.29, 1.82) is 5.26 Å². The molecule has 10 heteroatoms. The molecular weight excluding hydrogens is 432 g/mol. The van der Waals surface area contributed by atoms with Crippen LogP contribution in [0.4, 0.5) is 17.5 Å². The SMILES string of the molecule is Cn1nccc1-c1ccc(Nc2nc(NCC(C)(C)C)c3c(C#N)c[nH]c3n2)c2c1OCCO2. The maximum absolute atomic E-state index is 9.53. The minimum absolute atomic E-state index is 0.0276. The molecular formula is C24H26N8O2. The minimum Gasteiger partial charge on any atom is -0.485 e. The van der Waals surface area contributed by atoms with Crippen LogP contribution in [0.5, 0.6) is 11.5 Å². The molecule has 0 saturated carbocycles. The summed E-state index contributed by atoms with van der Waals surface area (Å²) in [5, 5.41) is 21.1. The van der Waals surface area contributed by atoms with Gasteiger partial charge >= 0.3 is 0 Å². The lowest BCUT2D eigenvalue weighted by atomic mass is 9.97. The van der Waals surface area contributed by atoms with Crippen LogP contribution < -0.4 is 20.1 Å². The highest BCUT2D eigenvalue weighted by molar-refractivity contribution is 5.94. The van der Waals surface area contributed by atoms with Crippen LogP contribution in [0.2, 0.25) is 0 Å². The topological polar surface area (TPSA) is 126 Å². The first-order chi connectivity index (χ1) is 16.3. The predicted octanol–water partition coefficient (Wildman–Crippen LogP) is 4.20. The van der Waals surface area contributed by atoms with Crippen molar-refractivity contribution in [3.05, 3.63) is 36.2 Å². The molecule has 0 bridgehead atoms. The quantitative estimate of drug-likeness (QED) is 0.406. The fourth-order valence-electron chi connectivity index (χ4n) is 3.85. The highest BCUT2D eigenvalue weighted by Crippen LogP contribution is 2.45. The van der Waals surface area contributed by atoms with Crippen LogP contribution in [-0.2, 0) is 7.05 Å². The zero-order chi connectivity index (χ0) is 23.9. The molecule has 1 aromatic carbocycles. The molecule has 0 saturated heterocycles. The monoisotopic (exact) mass is 458 g/mol. The Balaban J connectivity index is 1.56. The Labute approximate surface area is 196 Å². The summed E-state index contributed by atoms with van der Waals surface area (Å²) in [7, 11) is 1.89. The van der Waals surface area contributed by atoms with E-state index in [1.807, 2.05) is 25.2 Å². The normalized spacial score (nSPS) is 13.0. The maximum atomic E-state index is 9.53. The first-order valence-electron chi connectivity index (χ1n) is 11.0. The van der Waals surface area contributed by atoms with Crippen LogP contribution in [0.3, 0.4) is 0 Å². The van der Waals surface area contributed by atoms with Gasteiger partial charge < -0.3 is 25.1 Å². The van der Waals surface area contributed by atoms with Gasteiger partial charge in [-0.3, -0.25) is 4.68 Å². The summed E-state index contributed by atoms with van der Waals surface area (Å²) < 4.78 is 13.8. The van der Waals surface area contributed by atoms with Gasteiger partial charge in [0.05, 0.1) is 22.3 Å². The largest absolute Gasteiger partial charge is 0.485 e. The summed E-state index contributed by atoms with van der Waals surface area (Å²) in [6.07, 6.45) is 3.39. The summed E-state index contributed by atoms with van der Waals surface area (Å²) in [5.41, 5.74) is 3.60. The fourth-order valence-corrected chi connectivity index (χ4v) is 3.85. The van der Waals surface area contributed by atoms with Crippen molar-refractivity contribution in [2.75, 3.05) is 30.4 Å². The molecule has 3 aromatic heterocycles. The summed E-state index contributed by atoms with van der Waals surface area (Å²) in [6, 6.07) is 8.02. The van der Waals surface area contributed by atoms with Gasteiger partial charge in [0.25, 0.3) is 0 Å². The molecule has 1 aliphatic rings. The van der Waals surface area contributed by atoms with Gasteiger partial charge in [0.15, 0.2) is 11.5 Å². The van der Waals surface area contributed by atoms with Gasteiger partial charge in [-0.2, -0.15) is 20.3 Å². The molecule has 5 rings (SSSR count). The molecule has 0 fully saturated rings. The number of aromatic amines is 1. The Bertz CT molecular complexity index is 1410. The lowest BCUT2D eigenvalue weighted by molar-refractivity contribution is 0.173. The number of nitriles is 1. The molecule has 1 aliphatic heterocycles. The van der Waals surface area contributed by atoms with Gasteiger partial charge in [-0.15, -0.1) is 0 Å². The van der Waals surface area contributed by atoms with Crippen molar-refractivity contribution in [2.45, 2.75) is 20.8 Å². The van der Waals surface area contributed by atoms with E-state index in [2.05, 4.69) is 52.5 Å². The molecule has 0 atom stereocenters. The predicted molar refractivity (Wildman–Crippen MR) is 129 cm³/mol. The number of ether oxygens (including phenoxy) is 2. The van der Waals surface area contributed by atoms with Crippen molar-refractivity contribution in [1.82, 2.24) is 24.7 Å². The molecule has 10 nitrogen and oxygen atoms in total. The van der Waals surface area contributed by atoms with Gasteiger partial charge in [0.1, 0.15) is 30.7 Å². The van der Waals surface area contributed by atoms with E-state index in [9.17, 15) is 5.26 Å². The third-order valence-corrected chi connectivity index (χ3v) is 5.47. The second-order valence-corrected chi connectivity index (χ2v) is 9.33. The minimum atomic E-state index is 0.0276. The molecule has 34 heavy (non-hydrogen) atoms. The van der Waals surface area contributed by atoms with E-state index in [0.29, 0.717) is 65.3 Å². The summed E-state index contributed by atoms with van der Waals surface area (Å²) in [4.78, 5) is 12.4. The number of fused-ring (bicyclic) bond motifs is 2. The fraction of sp³-hybridized carbons (Fsp3) is 0.333. The zero-order valence-corrected chi connectivity index (χ0v) is 19.6. The number of benzene rings is 1. The smallest absolute Gasteiger partial charge is 0.231 e. The van der Waals surface area contributed by atoms with Crippen LogP contribution in [-0.4, -0.2) is 44.5 Å². The second-order valence-electron chi connectivity index (χ2n) is 9.33. The zero-order valence-electron chi connectivity index (χ0n) is 19.6. The van der Waals surface area contributed by atoms with E-state index in [1.54, 1.807) is 17.1 Å². The number of H-pyrrole nitrogens is 1. The van der Waals surface area contributed by atoms with Crippen LogP contribution in [0.15, 0.2) is 30.6 Å². The summed E-state index contributed by atoms with van der Waals surface area (Å²) >= 11 is 0. The number of rotatable bonds is 5. The van der Waals surface area contributed by atoms with Gasteiger partial charge in [0.2, 0.25) is 5.95 Å². The van der Waals surface area contributed by atoms with E-state index in [-0.39, 0.29) is 5.41 Å². The van der Waals surface area contributed by atoms with Crippen molar-refractivity contribution in [3.63, 3.8) is 0 Å². The molecule has 0 amide bonds. The number of anilines is 3. The molecule has 174 valence electrons. The van der Waals surface area contributed by atoms with E-state index in [1.165, 1.54) is 0 Å². The van der Waals surface area contributed by atoms with Crippen molar-refractivity contribution in [3.8, 4) is 28.8 Å². The van der Waals surface area contributed by atoms with Gasteiger partial charge in [-0.05, 0) is 23.6 Å². The average molecular weight is 459 g/mol. The van der Waals surface area contributed by atoms with Crippen molar-refractivity contribution in [2.24, 2.45) is 12.5 Å². The Morgan fingerprint density at radius 3 is 2.65 bits per heavy atom. The third kappa shape index (κ3) is 3.96. The average Bonchev–Trinajstić information content (AvgIpc) is 3.43. The molecule has 0 radical (unpaired) electrons. The van der Waals surface area contributed by atoms with Gasteiger partial charge in [0, 0.05) is 31.5 Å². The number of aryl methyl sites for hydroxylation is 1. The van der Waals surface area contributed by atoms with Crippen LogP contribution in [0.1, 0.15) is 26.3 Å². The number of nitrogens with one attached hydrogen (secondary N) is 3. The highest BCUT2D eigenvalue weighted by Gasteiger charge is 2.24. The number of hydrogen-bond acceptors (Lipinski definition) is 8. The Morgan fingerprint density at radius 2 is 1.94 bits per heavy atom. The summed E-state index contributed by atoms with van der Waals surface area (Å²) in [6.45, 7) is 7.98. The van der Waals surface area contributed by atoms with Crippen LogP contribution >= 0.6 is 0 Å². The van der Waals surface area contributed by atoms with Crippen LogP contribution in [0, 0.1) is 16.7 Å². The van der Waals surface area contributed by atoms with E-state index >= 15 is 0 Å². The van der Waals surface area contributed by atoms with E-state index < -0.39 is 0 Å². The van der Waals surface area contributed by atoms with Crippen LogP contribution in [0.25, 0.3) is 22.3 Å². The first-order valence-corrected chi connectivity index (χ1v) is 11.0. The third-order valence-electron chi connectivity index (χ3n) is 5.47. The lowest BCUT2D eigenvalue weighted by Gasteiger charge is -2.24. The Morgan fingerprint density at radius 1 is 1.15 bits per heavy atom. The molecule has 4 heterocycles. The number of hydrogen-bond donors (Lipinski definition) is 3. The molecule has 0 unspecified atom stereocenters. The molecule has 0 spiro atoms. The Kier molecular flexibility index (Phi) is 5.24. The second kappa shape index (κ2) is 8.26. The number of aromatic nitrogens is 5. The molecule has 3 N–H and O–H groups in total. The van der Waals surface area contributed by atoms with Crippen molar-refractivity contribution >= 4 is 28.5 Å². The highest BCUT2D eigenvalue weighted by atomic mass is 16.6.